The fourth-order valence-corrected chi connectivity index (χ4v) is 1.89. The SMILES string of the molecule is Cc1cc(F)ccc1NC(=O)COc1ccccc1C(N)=O. The number of nitrogens with one attached hydrogen (secondary N) is 1. The van der Waals surface area contributed by atoms with E-state index in [1.807, 2.05) is 0 Å². The zero-order valence-corrected chi connectivity index (χ0v) is 11.9. The van der Waals surface area contributed by atoms with Crippen LogP contribution in [0.2, 0.25) is 0 Å². The highest BCUT2D eigenvalue weighted by Crippen LogP contribution is 2.18. The van der Waals surface area contributed by atoms with E-state index < -0.39 is 11.8 Å². The summed E-state index contributed by atoms with van der Waals surface area (Å²) in [6.07, 6.45) is 0. The summed E-state index contributed by atoms with van der Waals surface area (Å²) >= 11 is 0. The molecule has 0 fully saturated rings. The number of aryl methyl sites for hydroxylation is 1. The van der Waals surface area contributed by atoms with Crippen LogP contribution in [0.1, 0.15) is 15.9 Å². The van der Waals surface area contributed by atoms with Crippen molar-refractivity contribution in [1.29, 1.82) is 0 Å². The van der Waals surface area contributed by atoms with Gasteiger partial charge in [-0.15, -0.1) is 0 Å². The lowest BCUT2D eigenvalue weighted by molar-refractivity contribution is -0.118. The second-order valence-corrected chi connectivity index (χ2v) is 4.66. The summed E-state index contributed by atoms with van der Waals surface area (Å²) in [5, 5.41) is 2.61. The van der Waals surface area contributed by atoms with Gasteiger partial charge in [-0.3, -0.25) is 9.59 Å². The van der Waals surface area contributed by atoms with Gasteiger partial charge in [-0.05, 0) is 42.8 Å². The predicted octanol–water partition coefficient (Wildman–Crippen LogP) is 2.25. The lowest BCUT2D eigenvalue weighted by Crippen LogP contribution is -2.22. The van der Waals surface area contributed by atoms with Crippen LogP contribution in [0.25, 0.3) is 0 Å². The van der Waals surface area contributed by atoms with Gasteiger partial charge in [0.05, 0.1) is 5.56 Å². The minimum atomic E-state index is -0.634. The van der Waals surface area contributed by atoms with Crippen molar-refractivity contribution in [1.82, 2.24) is 0 Å². The van der Waals surface area contributed by atoms with E-state index in [1.54, 1.807) is 25.1 Å². The van der Waals surface area contributed by atoms with E-state index >= 15 is 0 Å². The Hall–Kier alpha value is -2.89. The summed E-state index contributed by atoms with van der Waals surface area (Å²) in [7, 11) is 0. The monoisotopic (exact) mass is 302 g/mol. The van der Waals surface area contributed by atoms with Crippen molar-refractivity contribution in [3.8, 4) is 5.75 Å². The number of hydrogen-bond acceptors (Lipinski definition) is 3. The lowest BCUT2D eigenvalue weighted by Gasteiger charge is -2.11. The zero-order valence-electron chi connectivity index (χ0n) is 11.9. The molecule has 2 amide bonds. The molecular formula is C16H15FN2O3. The molecule has 0 bridgehead atoms. The van der Waals surface area contributed by atoms with Crippen LogP contribution < -0.4 is 15.8 Å². The van der Waals surface area contributed by atoms with Crippen LogP contribution >= 0.6 is 0 Å². The van der Waals surface area contributed by atoms with E-state index in [1.165, 1.54) is 24.3 Å². The first-order chi connectivity index (χ1) is 10.5. The molecule has 0 unspecified atom stereocenters. The highest BCUT2D eigenvalue weighted by molar-refractivity contribution is 5.96. The maximum Gasteiger partial charge on any atom is 0.262 e. The van der Waals surface area contributed by atoms with Gasteiger partial charge in [-0.1, -0.05) is 12.1 Å². The Morgan fingerprint density at radius 2 is 1.95 bits per heavy atom. The van der Waals surface area contributed by atoms with E-state index in [0.29, 0.717) is 11.3 Å². The van der Waals surface area contributed by atoms with E-state index in [0.717, 1.165) is 0 Å². The fraction of sp³-hybridized carbons (Fsp3) is 0.125. The van der Waals surface area contributed by atoms with E-state index in [-0.39, 0.29) is 23.7 Å². The number of rotatable bonds is 5. The standard InChI is InChI=1S/C16H15FN2O3/c1-10-8-11(17)6-7-13(10)19-15(20)9-22-14-5-3-2-4-12(14)16(18)21/h2-8H,9H2,1H3,(H2,18,21)(H,19,20). The van der Waals surface area contributed by atoms with Crippen molar-refractivity contribution in [2.45, 2.75) is 6.92 Å². The number of hydrogen-bond donors (Lipinski definition) is 2. The third kappa shape index (κ3) is 3.82. The number of amides is 2. The molecule has 22 heavy (non-hydrogen) atoms. The summed E-state index contributed by atoms with van der Waals surface area (Å²) in [5.74, 6) is -1.19. The molecule has 0 saturated heterocycles. The summed E-state index contributed by atoms with van der Waals surface area (Å²) in [6, 6.07) is 10.4. The molecular weight excluding hydrogens is 287 g/mol. The van der Waals surface area contributed by atoms with E-state index in [9.17, 15) is 14.0 Å². The number of benzene rings is 2. The van der Waals surface area contributed by atoms with Crippen LogP contribution in [0, 0.1) is 12.7 Å². The Balaban J connectivity index is 2.00. The summed E-state index contributed by atoms with van der Waals surface area (Å²) in [4.78, 5) is 23.1. The molecule has 2 rings (SSSR count). The highest BCUT2D eigenvalue weighted by atomic mass is 19.1. The topological polar surface area (TPSA) is 81.4 Å². The van der Waals surface area contributed by atoms with Gasteiger partial charge < -0.3 is 15.8 Å². The van der Waals surface area contributed by atoms with Gasteiger partial charge in [0.25, 0.3) is 11.8 Å². The molecule has 0 radical (unpaired) electrons. The summed E-state index contributed by atoms with van der Waals surface area (Å²) < 4.78 is 18.3. The number of anilines is 1. The minimum absolute atomic E-state index is 0.202. The molecule has 2 aromatic rings. The summed E-state index contributed by atoms with van der Waals surface area (Å²) in [5.41, 5.74) is 6.53. The number of halogens is 1. The zero-order chi connectivity index (χ0) is 16.1. The first-order valence-corrected chi connectivity index (χ1v) is 6.55. The smallest absolute Gasteiger partial charge is 0.262 e. The fourth-order valence-electron chi connectivity index (χ4n) is 1.89. The van der Waals surface area contributed by atoms with Crippen LogP contribution in [-0.4, -0.2) is 18.4 Å². The lowest BCUT2D eigenvalue weighted by atomic mass is 10.2. The maximum atomic E-state index is 13.0. The number of nitrogens with two attached hydrogens (primary N) is 1. The largest absolute Gasteiger partial charge is 0.483 e. The number of ether oxygens (including phenoxy) is 1. The molecule has 0 aliphatic carbocycles. The normalized spacial score (nSPS) is 10.1. The molecule has 5 nitrogen and oxygen atoms in total. The Kier molecular flexibility index (Phi) is 4.73. The predicted molar refractivity (Wildman–Crippen MR) is 80.2 cm³/mol. The first-order valence-electron chi connectivity index (χ1n) is 6.55. The Labute approximate surface area is 126 Å². The van der Waals surface area contributed by atoms with E-state index in [4.69, 9.17) is 10.5 Å². The molecule has 0 atom stereocenters. The van der Waals surface area contributed by atoms with Gasteiger partial charge >= 0.3 is 0 Å². The second-order valence-electron chi connectivity index (χ2n) is 4.66. The molecule has 114 valence electrons. The maximum absolute atomic E-state index is 13.0. The molecule has 0 aromatic heterocycles. The summed E-state index contributed by atoms with van der Waals surface area (Å²) in [6.45, 7) is 1.39. The van der Waals surface area contributed by atoms with E-state index in [2.05, 4.69) is 5.32 Å². The number of primary amides is 1. The first kappa shape index (κ1) is 15.5. The van der Waals surface area contributed by atoms with Crippen molar-refractivity contribution < 1.29 is 18.7 Å². The highest BCUT2D eigenvalue weighted by Gasteiger charge is 2.11. The van der Waals surface area contributed by atoms with Crippen LogP contribution in [0.5, 0.6) is 5.75 Å². The van der Waals surface area contributed by atoms with Crippen LogP contribution in [0.3, 0.4) is 0 Å². The van der Waals surface area contributed by atoms with Gasteiger partial charge in [-0.25, -0.2) is 4.39 Å². The third-order valence-electron chi connectivity index (χ3n) is 2.97. The average molecular weight is 302 g/mol. The second kappa shape index (κ2) is 6.71. The molecule has 3 N–H and O–H groups in total. The van der Waals surface area contributed by atoms with Crippen LogP contribution in [0.15, 0.2) is 42.5 Å². The third-order valence-corrected chi connectivity index (χ3v) is 2.97. The minimum Gasteiger partial charge on any atom is -0.483 e. The molecule has 2 aromatic carbocycles. The Morgan fingerprint density at radius 1 is 1.23 bits per heavy atom. The van der Waals surface area contributed by atoms with Gasteiger partial charge in [-0.2, -0.15) is 0 Å². The van der Waals surface area contributed by atoms with Crippen LogP contribution in [-0.2, 0) is 4.79 Å². The van der Waals surface area contributed by atoms with Crippen molar-refractivity contribution >= 4 is 17.5 Å². The molecule has 0 spiro atoms. The number of carbonyl (C=O) groups excluding carboxylic acids is 2. The number of carbonyl (C=O) groups is 2. The molecule has 0 saturated carbocycles. The Morgan fingerprint density at radius 3 is 2.64 bits per heavy atom. The Bertz CT molecular complexity index is 716. The van der Waals surface area contributed by atoms with Crippen molar-refractivity contribution in [2.75, 3.05) is 11.9 Å². The van der Waals surface area contributed by atoms with Crippen molar-refractivity contribution in [2.24, 2.45) is 5.73 Å². The molecule has 6 heteroatoms. The van der Waals surface area contributed by atoms with Crippen molar-refractivity contribution in [3.05, 3.63) is 59.4 Å². The van der Waals surface area contributed by atoms with Crippen molar-refractivity contribution in [3.63, 3.8) is 0 Å². The average Bonchev–Trinajstić information content (AvgIpc) is 2.48. The van der Waals surface area contributed by atoms with Crippen LogP contribution in [0.4, 0.5) is 10.1 Å². The number of para-hydroxylation sites is 1. The quantitative estimate of drug-likeness (QED) is 0.888. The molecule has 0 aliphatic heterocycles. The van der Waals surface area contributed by atoms with Gasteiger partial charge in [0, 0.05) is 5.69 Å². The van der Waals surface area contributed by atoms with Gasteiger partial charge in [0.1, 0.15) is 11.6 Å². The van der Waals surface area contributed by atoms with Gasteiger partial charge in [0.2, 0.25) is 0 Å². The molecule has 0 heterocycles. The molecule has 0 aliphatic rings. The van der Waals surface area contributed by atoms with Gasteiger partial charge in [0.15, 0.2) is 6.61 Å².